The molecule has 0 fully saturated rings. The first-order chi connectivity index (χ1) is 6.90. The van der Waals surface area contributed by atoms with E-state index in [4.69, 9.17) is 5.73 Å². The summed E-state index contributed by atoms with van der Waals surface area (Å²) in [5.74, 6) is 0.438. The van der Waals surface area contributed by atoms with E-state index in [0.717, 1.165) is 12.1 Å². The van der Waals surface area contributed by atoms with E-state index in [1.807, 2.05) is 12.5 Å². The molecule has 0 aliphatic heterocycles. The Morgan fingerprint density at radius 3 is 2.53 bits per heavy atom. The second-order valence-corrected chi connectivity index (χ2v) is 5.12. The maximum absolute atomic E-state index is 6.17. The van der Waals surface area contributed by atoms with Crippen LogP contribution in [0.15, 0.2) is 12.5 Å². The van der Waals surface area contributed by atoms with Crippen molar-refractivity contribution in [2.45, 2.75) is 52.6 Å². The standard InChI is InChI=1S/C12H23N3/c1-6-12(4,5)15-8-14-7-10(15)11(13)9(2)3/h7-9,11H,6,13H2,1-5H3. The van der Waals surface area contributed by atoms with Gasteiger partial charge in [0.1, 0.15) is 0 Å². The Morgan fingerprint density at radius 2 is 2.07 bits per heavy atom. The molecule has 0 bridgehead atoms. The van der Waals surface area contributed by atoms with Crippen LogP contribution < -0.4 is 5.73 Å². The SMILES string of the molecule is CCC(C)(C)n1cncc1C(N)C(C)C. The average Bonchev–Trinajstić information content (AvgIpc) is 2.65. The zero-order chi connectivity index (χ0) is 11.6. The molecule has 86 valence electrons. The van der Waals surface area contributed by atoms with Gasteiger partial charge < -0.3 is 10.3 Å². The second kappa shape index (κ2) is 4.35. The van der Waals surface area contributed by atoms with E-state index in [-0.39, 0.29) is 11.6 Å². The molecule has 0 aliphatic rings. The maximum Gasteiger partial charge on any atom is 0.0953 e. The van der Waals surface area contributed by atoms with E-state index < -0.39 is 0 Å². The first-order valence-electron chi connectivity index (χ1n) is 5.68. The summed E-state index contributed by atoms with van der Waals surface area (Å²) in [7, 11) is 0. The molecular weight excluding hydrogens is 186 g/mol. The molecule has 1 aromatic rings. The Labute approximate surface area is 92.7 Å². The highest BCUT2D eigenvalue weighted by atomic mass is 15.1. The van der Waals surface area contributed by atoms with Crippen LogP contribution in [0, 0.1) is 5.92 Å². The molecule has 3 nitrogen and oxygen atoms in total. The summed E-state index contributed by atoms with van der Waals surface area (Å²) >= 11 is 0. The van der Waals surface area contributed by atoms with Crippen molar-refractivity contribution in [2.24, 2.45) is 11.7 Å². The van der Waals surface area contributed by atoms with E-state index in [2.05, 4.69) is 44.2 Å². The normalized spacial score (nSPS) is 14.6. The predicted molar refractivity (Wildman–Crippen MR) is 63.6 cm³/mol. The Morgan fingerprint density at radius 1 is 1.47 bits per heavy atom. The van der Waals surface area contributed by atoms with Crippen LogP contribution in [-0.2, 0) is 5.54 Å². The lowest BCUT2D eigenvalue weighted by molar-refractivity contribution is 0.317. The number of nitrogens with two attached hydrogens (primary N) is 1. The fraction of sp³-hybridized carbons (Fsp3) is 0.750. The molecule has 0 radical (unpaired) electrons. The first kappa shape index (κ1) is 12.2. The second-order valence-electron chi connectivity index (χ2n) is 5.12. The number of hydrogen-bond donors (Lipinski definition) is 1. The fourth-order valence-electron chi connectivity index (χ4n) is 1.57. The predicted octanol–water partition coefficient (Wildman–Crippen LogP) is 2.68. The van der Waals surface area contributed by atoms with Gasteiger partial charge >= 0.3 is 0 Å². The lowest BCUT2D eigenvalue weighted by Crippen LogP contribution is -2.30. The molecule has 15 heavy (non-hydrogen) atoms. The molecule has 1 heterocycles. The molecule has 0 aliphatic carbocycles. The van der Waals surface area contributed by atoms with Gasteiger partial charge in [0, 0.05) is 17.8 Å². The molecule has 3 heteroatoms. The van der Waals surface area contributed by atoms with E-state index >= 15 is 0 Å². The van der Waals surface area contributed by atoms with Gasteiger partial charge in [0.05, 0.1) is 12.0 Å². The third kappa shape index (κ3) is 2.40. The molecule has 0 aromatic carbocycles. The minimum absolute atomic E-state index is 0.0679. The van der Waals surface area contributed by atoms with Crippen LogP contribution in [-0.4, -0.2) is 9.55 Å². The van der Waals surface area contributed by atoms with Gasteiger partial charge in [-0.3, -0.25) is 0 Å². The molecule has 1 unspecified atom stereocenters. The van der Waals surface area contributed by atoms with Gasteiger partial charge in [0.15, 0.2) is 0 Å². The zero-order valence-electron chi connectivity index (χ0n) is 10.5. The van der Waals surface area contributed by atoms with Gasteiger partial charge in [-0.1, -0.05) is 20.8 Å². The van der Waals surface area contributed by atoms with Crippen molar-refractivity contribution in [3.05, 3.63) is 18.2 Å². The van der Waals surface area contributed by atoms with E-state index in [9.17, 15) is 0 Å². The van der Waals surface area contributed by atoms with Crippen molar-refractivity contribution in [3.63, 3.8) is 0 Å². The minimum Gasteiger partial charge on any atom is -0.328 e. The summed E-state index contributed by atoms with van der Waals surface area (Å²) in [6, 6.07) is 0.0679. The molecule has 0 saturated carbocycles. The van der Waals surface area contributed by atoms with Gasteiger partial charge in [-0.2, -0.15) is 0 Å². The van der Waals surface area contributed by atoms with Crippen molar-refractivity contribution in [3.8, 4) is 0 Å². The monoisotopic (exact) mass is 209 g/mol. The molecule has 0 amide bonds. The van der Waals surface area contributed by atoms with Crippen LogP contribution in [0.2, 0.25) is 0 Å². The highest BCUT2D eigenvalue weighted by Gasteiger charge is 2.24. The Bertz CT molecular complexity index is 312. The first-order valence-corrected chi connectivity index (χ1v) is 5.68. The van der Waals surface area contributed by atoms with E-state index in [1.165, 1.54) is 0 Å². The van der Waals surface area contributed by atoms with Gasteiger partial charge in [-0.15, -0.1) is 0 Å². The fourth-order valence-corrected chi connectivity index (χ4v) is 1.57. The minimum atomic E-state index is 0.0679. The molecule has 1 aromatic heterocycles. The van der Waals surface area contributed by atoms with Crippen molar-refractivity contribution < 1.29 is 0 Å². The van der Waals surface area contributed by atoms with Crippen LogP contribution in [0.1, 0.15) is 52.8 Å². The van der Waals surface area contributed by atoms with Crippen molar-refractivity contribution >= 4 is 0 Å². The number of rotatable bonds is 4. The van der Waals surface area contributed by atoms with Crippen molar-refractivity contribution in [1.82, 2.24) is 9.55 Å². The third-order valence-electron chi connectivity index (χ3n) is 3.24. The lowest BCUT2D eigenvalue weighted by atomic mass is 9.97. The molecule has 2 N–H and O–H groups in total. The Balaban J connectivity index is 3.06. The summed E-state index contributed by atoms with van der Waals surface area (Å²) in [6.07, 6.45) is 4.85. The van der Waals surface area contributed by atoms with Gasteiger partial charge in [-0.25, -0.2) is 4.98 Å². The quantitative estimate of drug-likeness (QED) is 0.828. The molecular formula is C12H23N3. The highest BCUT2D eigenvalue weighted by Crippen LogP contribution is 2.26. The largest absolute Gasteiger partial charge is 0.328 e. The van der Waals surface area contributed by atoms with Crippen LogP contribution in [0.4, 0.5) is 0 Å². The number of aromatic nitrogens is 2. The third-order valence-corrected chi connectivity index (χ3v) is 3.24. The number of nitrogens with zero attached hydrogens (tertiary/aromatic N) is 2. The van der Waals surface area contributed by atoms with Crippen LogP contribution in [0.5, 0.6) is 0 Å². The van der Waals surface area contributed by atoms with Gasteiger partial charge in [0.25, 0.3) is 0 Å². The molecule has 1 rings (SSSR count). The number of hydrogen-bond acceptors (Lipinski definition) is 2. The van der Waals surface area contributed by atoms with E-state index in [1.54, 1.807) is 0 Å². The summed E-state index contributed by atoms with van der Waals surface area (Å²) in [5.41, 5.74) is 7.41. The van der Waals surface area contributed by atoms with Crippen molar-refractivity contribution in [1.29, 1.82) is 0 Å². The van der Waals surface area contributed by atoms with E-state index in [0.29, 0.717) is 5.92 Å². The molecule has 0 spiro atoms. The van der Waals surface area contributed by atoms with Gasteiger partial charge in [-0.05, 0) is 26.2 Å². The van der Waals surface area contributed by atoms with Crippen LogP contribution in [0.3, 0.4) is 0 Å². The Kier molecular flexibility index (Phi) is 3.55. The molecule has 0 saturated heterocycles. The van der Waals surface area contributed by atoms with Crippen LogP contribution in [0.25, 0.3) is 0 Å². The maximum atomic E-state index is 6.17. The Hall–Kier alpha value is -0.830. The smallest absolute Gasteiger partial charge is 0.0953 e. The summed E-state index contributed by atoms with van der Waals surface area (Å²) in [6.45, 7) is 10.9. The topological polar surface area (TPSA) is 43.8 Å². The zero-order valence-corrected chi connectivity index (χ0v) is 10.5. The lowest BCUT2D eigenvalue weighted by Gasteiger charge is -2.29. The average molecular weight is 209 g/mol. The highest BCUT2D eigenvalue weighted by molar-refractivity contribution is 5.08. The summed E-state index contributed by atoms with van der Waals surface area (Å²) in [4.78, 5) is 4.22. The van der Waals surface area contributed by atoms with Crippen molar-refractivity contribution in [2.75, 3.05) is 0 Å². The summed E-state index contributed by atoms with van der Waals surface area (Å²) in [5, 5.41) is 0. The van der Waals surface area contributed by atoms with Gasteiger partial charge in [0.2, 0.25) is 0 Å². The summed E-state index contributed by atoms with van der Waals surface area (Å²) < 4.78 is 2.21. The number of imidazole rings is 1. The molecule has 1 atom stereocenters. The van der Waals surface area contributed by atoms with Crippen LogP contribution >= 0.6 is 0 Å².